The SMILES string of the molecule is COCCN1CCC(CN2CC(C)(Cc3ccc4c(c3)OCO4)CCC2=O)CC1. The van der Waals surface area contributed by atoms with Crippen LogP contribution in [-0.2, 0) is 16.0 Å². The van der Waals surface area contributed by atoms with Crippen molar-refractivity contribution in [2.45, 2.75) is 39.0 Å². The molecule has 0 spiro atoms. The lowest BCUT2D eigenvalue weighted by Crippen LogP contribution is -2.49. The highest BCUT2D eigenvalue weighted by Crippen LogP contribution is 2.38. The average molecular weight is 403 g/mol. The smallest absolute Gasteiger partial charge is 0.231 e. The maximum absolute atomic E-state index is 12.6. The first-order valence-corrected chi connectivity index (χ1v) is 10.9. The fraction of sp³-hybridized carbons (Fsp3) is 0.696. The number of methoxy groups -OCH3 is 1. The molecule has 3 aliphatic rings. The number of carbonyl (C=O) groups is 1. The molecule has 1 amide bonds. The van der Waals surface area contributed by atoms with Crippen LogP contribution in [0.1, 0.15) is 38.2 Å². The molecule has 1 atom stereocenters. The fourth-order valence-electron chi connectivity index (χ4n) is 4.97. The summed E-state index contributed by atoms with van der Waals surface area (Å²) >= 11 is 0. The zero-order chi connectivity index (χ0) is 20.3. The van der Waals surface area contributed by atoms with Crippen LogP contribution >= 0.6 is 0 Å². The molecule has 0 radical (unpaired) electrons. The number of ether oxygens (including phenoxy) is 3. The summed E-state index contributed by atoms with van der Waals surface area (Å²) in [7, 11) is 1.76. The molecular weight excluding hydrogens is 368 g/mol. The monoisotopic (exact) mass is 402 g/mol. The normalized spacial score (nSPS) is 25.6. The van der Waals surface area contributed by atoms with E-state index in [4.69, 9.17) is 14.2 Å². The predicted molar refractivity (Wildman–Crippen MR) is 111 cm³/mol. The minimum absolute atomic E-state index is 0.112. The number of piperidine rings is 2. The summed E-state index contributed by atoms with van der Waals surface area (Å²) in [6.07, 6.45) is 4.92. The van der Waals surface area contributed by atoms with E-state index in [-0.39, 0.29) is 5.41 Å². The summed E-state index contributed by atoms with van der Waals surface area (Å²) in [4.78, 5) is 17.2. The van der Waals surface area contributed by atoms with E-state index < -0.39 is 0 Å². The standard InChI is InChI=1S/C23H34N2O4/c1-23(14-19-3-4-20-21(13-19)29-17-28-20)8-5-22(26)25(16-23)15-18-6-9-24(10-7-18)11-12-27-2/h3-4,13,18H,5-12,14-17H2,1-2H3. The van der Waals surface area contributed by atoms with E-state index in [1.165, 1.54) is 18.4 Å². The van der Waals surface area contributed by atoms with Crippen molar-refractivity contribution in [3.8, 4) is 11.5 Å². The van der Waals surface area contributed by atoms with Crippen LogP contribution in [0.2, 0.25) is 0 Å². The Bertz CT molecular complexity index is 717. The largest absolute Gasteiger partial charge is 0.454 e. The Kier molecular flexibility index (Phi) is 6.30. The third kappa shape index (κ3) is 5.04. The summed E-state index contributed by atoms with van der Waals surface area (Å²) in [5.41, 5.74) is 1.37. The van der Waals surface area contributed by atoms with Gasteiger partial charge in [0.1, 0.15) is 0 Å². The molecule has 0 bridgehead atoms. The first-order chi connectivity index (χ1) is 14.0. The van der Waals surface area contributed by atoms with E-state index in [2.05, 4.69) is 28.9 Å². The van der Waals surface area contributed by atoms with Crippen LogP contribution in [-0.4, -0.2) is 68.9 Å². The number of amides is 1. The van der Waals surface area contributed by atoms with Gasteiger partial charge in [-0.1, -0.05) is 13.0 Å². The Morgan fingerprint density at radius 2 is 2.00 bits per heavy atom. The van der Waals surface area contributed by atoms with Gasteiger partial charge in [-0.3, -0.25) is 4.79 Å². The lowest BCUT2D eigenvalue weighted by molar-refractivity contribution is -0.138. The summed E-state index contributed by atoms with van der Waals surface area (Å²) in [5, 5.41) is 0. The Morgan fingerprint density at radius 3 is 2.79 bits per heavy atom. The Morgan fingerprint density at radius 1 is 1.21 bits per heavy atom. The van der Waals surface area contributed by atoms with Crippen molar-refractivity contribution in [2.75, 3.05) is 53.2 Å². The first-order valence-electron chi connectivity index (χ1n) is 10.9. The van der Waals surface area contributed by atoms with Gasteiger partial charge < -0.3 is 24.0 Å². The Balaban J connectivity index is 1.32. The van der Waals surface area contributed by atoms with Gasteiger partial charge in [0, 0.05) is 33.2 Å². The van der Waals surface area contributed by atoms with Gasteiger partial charge in [0.05, 0.1) is 6.61 Å². The molecule has 0 saturated carbocycles. The number of nitrogens with zero attached hydrogens (tertiary/aromatic N) is 2. The second-order valence-electron chi connectivity index (χ2n) is 9.23. The summed E-state index contributed by atoms with van der Waals surface area (Å²) in [6, 6.07) is 6.24. The van der Waals surface area contributed by atoms with Gasteiger partial charge in [0.15, 0.2) is 11.5 Å². The van der Waals surface area contributed by atoms with Crippen LogP contribution in [0.3, 0.4) is 0 Å². The number of benzene rings is 1. The molecule has 160 valence electrons. The lowest BCUT2D eigenvalue weighted by Gasteiger charge is -2.43. The summed E-state index contributed by atoms with van der Waals surface area (Å²) in [5.74, 6) is 2.62. The molecule has 29 heavy (non-hydrogen) atoms. The van der Waals surface area contributed by atoms with Crippen LogP contribution in [0.5, 0.6) is 11.5 Å². The number of fused-ring (bicyclic) bond motifs is 1. The maximum Gasteiger partial charge on any atom is 0.231 e. The fourth-order valence-corrected chi connectivity index (χ4v) is 4.97. The zero-order valence-corrected chi connectivity index (χ0v) is 17.8. The number of likely N-dealkylation sites (tertiary alicyclic amines) is 2. The second-order valence-corrected chi connectivity index (χ2v) is 9.23. The highest BCUT2D eigenvalue weighted by molar-refractivity contribution is 5.77. The topological polar surface area (TPSA) is 51.2 Å². The summed E-state index contributed by atoms with van der Waals surface area (Å²) < 4.78 is 16.2. The van der Waals surface area contributed by atoms with E-state index in [0.29, 0.717) is 25.0 Å². The average Bonchev–Trinajstić information content (AvgIpc) is 3.18. The van der Waals surface area contributed by atoms with Crippen LogP contribution in [0.4, 0.5) is 0 Å². The van der Waals surface area contributed by atoms with Gasteiger partial charge in [-0.15, -0.1) is 0 Å². The van der Waals surface area contributed by atoms with Crippen molar-refractivity contribution < 1.29 is 19.0 Å². The number of hydrogen-bond acceptors (Lipinski definition) is 5. The van der Waals surface area contributed by atoms with Crippen molar-refractivity contribution in [2.24, 2.45) is 11.3 Å². The van der Waals surface area contributed by atoms with Crippen molar-refractivity contribution >= 4 is 5.91 Å². The van der Waals surface area contributed by atoms with Crippen LogP contribution in [0.25, 0.3) is 0 Å². The van der Waals surface area contributed by atoms with E-state index in [9.17, 15) is 4.79 Å². The summed E-state index contributed by atoms with van der Waals surface area (Å²) in [6.45, 7) is 8.44. The van der Waals surface area contributed by atoms with Crippen molar-refractivity contribution in [1.82, 2.24) is 9.80 Å². The van der Waals surface area contributed by atoms with Crippen LogP contribution in [0, 0.1) is 11.3 Å². The molecule has 1 unspecified atom stereocenters. The molecule has 3 heterocycles. The van der Waals surface area contributed by atoms with Gasteiger partial charge in [0.2, 0.25) is 12.7 Å². The van der Waals surface area contributed by atoms with Gasteiger partial charge in [-0.05, 0) is 67.8 Å². The molecule has 6 nitrogen and oxygen atoms in total. The lowest BCUT2D eigenvalue weighted by atomic mass is 9.76. The highest BCUT2D eigenvalue weighted by Gasteiger charge is 2.36. The van der Waals surface area contributed by atoms with Crippen LogP contribution in [0.15, 0.2) is 18.2 Å². The highest BCUT2D eigenvalue weighted by atomic mass is 16.7. The number of rotatable bonds is 7. The Hall–Kier alpha value is -1.79. The van der Waals surface area contributed by atoms with E-state index in [0.717, 1.165) is 63.7 Å². The second kappa shape index (κ2) is 8.92. The van der Waals surface area contributed by atoms with E-state index in [1.54, 1.807) is 7.11 Å². The molecule has 0 aliphatic carbocycles. The first kappa shape index (κ1) is 20.5. The van der Waals surface area contributed by atoms with Gasteiger partial charge in [0.25, 0.3) is 0 Å². The van der Waals surface area contributed by atoms with E-state index in [1.807, 2.05) is 6.07 Å². The van der Waals surface area contributed by atoms with Crippen molar-refractivity contribution in [1.29, 1.82) is 0 Å². The molecule has 2 fully saturated rings. The Labute approximate surface area is 174 Å². The van der Waals surface area contributed by atoms with Gasteiger partial charge >= 0.3 is 0 Å². The molecule has 4 rings (SSSR count). The van der Waals surface area contributed by atoms with Gasteiger partial charge in [-0.25, -0.2) is 0 Å². The molecule has 0 aromatic heterocycles. The zero-order valence-electron chi connectivity index (χ0n) is 17.8. The van der Waals surface area contributed by atoms with Crippen molar-refractivity contribution in [3.05, 3.63) is 23.8 Å². The third-order valence-electron chi connectivity index (χ3n) is 6.73. The molecule has 2 saturated heterocycles. The van der Waals surface area contributed by atoms with E-state index >= 15 is 0 Å². The molecular formula is C23H34N2O4. The molecule has 1 aromatic rings. The predicted octanol–water partition coefficient (Wildman–Crippen LogP) is 2.94. The quantitative estimate of drug-likeness (QED) is 0.702. The van der Waals surface area contributed by atoms with Gasteiger partial charge in [-0.2, -0.15) is 0 Å². The maximum atomic E-state index is 12.6. The minimum Gasteiger partial charge on any atom is -0.454 e. The third-order valence-corrected chi connectivity index (χ3v) is 6.73. The molecule has 0 N–H and O–H groups in total. The number of carbonyl (C=O) groups excluding carboxylic acids is 1. The van der Waals surface area contributed by atoms with Crippen molar-refractivity contribution in [3.63, 3.8) is 0 Å². The number of hydrogen-bond donors (Lipinski definition) is 0. The molecule has 3 aliphatic heterocycles. The van der Waals surface area contributed by atoms with Crippen LogP contribution < -0.4 is 9.47 Å². The molecule has 6 heteroatoms. The minimum atomic E-state index is 0.112. The molecule has 1 aromatic carbocycles.